The van der Waals surface area contributed by atoms with Crippen LogP contribution in [0.1, 0.15) is 27.0 Å². The Morgan fingerprint density at radius 3 is 1.08 bits per heavy atom. The highest BCUT2D eigenvalue weighted by Crippen LogP contribution is 2.37. The van der Waals surface area contributed by atoms with Crippen LogP contribution in [0.4, 0.5) is 0 Å². The van der Waals surface area contributed by atoms with E-state index in [2.05, 4.69) is 155 Å². The molecule has 48 heavy (non-hydrogen) atoms. The van der Waals surface area contributed by atoms with Crippen LogP contribution in [0.5, 0.6) is 0 Å². The highest BCUT2D eigenvalue weighted by atomic mass is 79.9. The molecule has 0 amide bonds. The lowest BCUT2D eigenvalue weighted by Crippen LogP contribution is -2.10. The summed E-state index contributed by atoms with van der Waals surface area (Å²) in [6, 6.07) is 46.2. The van der Waals surface area contributed by atoms with Gasteiger partial charge in [0.1, 0.15) is 0 Å². The standard InChI is InChI=1S/C43H38Br2N2O/c1-46(2)27-29-5-9-31(10-6-29)39-23-17-35(25-41(39)33-13-19-37(44)20-14-33)43(48)36-18-24-40(32-11-7-30(8-12-32)28-47(3)4)42(26-36)34-15-21-38(45)22-16-34/h5-26H,27-28H2,1-4H3. The molecule has 0 atom stereocenters. The molecule has 0 aliphatic heterocycles. The van der Waals surface area contributed by atoms with Gasteiger partial charge in [-0.15, -0.1) is 0 Å². The predicted molar refractivity (Wildman–Crippen MR) is 208 cm³/mol. The third-order valence-corrected chi connectivity index (χ3v) is 9.46. The second-order valence-corrected chi connectivity index (χ2v) is 14.6. The molecule has 0 N–H and O–H groups in total. The lowest BCUT2D eigenvalue weighted by atomic mass is 9.88. The number of hydrogen-bond acceptors (Lipinski definition) is 3. The molecule has 0 saturated heterocycles. The second-order valence-electron chi connectivity index (χ2n) is 12.7. The molecule has 5 heteroatoms. The SMILES string of the molecule is CN(C)Cc1ccc(-c2ccc(C(=O)c3ccc(-c4ccc(CN(C)C)cc4)c(-c4ccc(Br)cc4)c3)cc2-c2ccc(Br)cc2)cc1. The molecule has 0 spiro atoms. The van der Waals surface area contributed by atoms with Crippen LogP contribution in [-0.4, -0.2) is 43.8 Å². The summed E-state index contributed by atoms with van der Waals surface area (Å²) in [4.78, 5) is 18.6. The molecular weight excluding hydrogens is 720 g/mol. The average molecular weight is 759 g/mol. The normalized spacial score (nSPS) is 11.3. The van der Waals surface area contributed by atoms with Crippen LogP contribution in [0.15, 0.2) is 142 Å². The van der Waals surface area contributed by atoms with E-state index in [0.29, 0.717) is 11.1 Å². The summed E-state index contributed by atoms with van der Waals surface area (Å²) >= 11 is 7.16. The van der Waals surface area contributed by atoms with Crippen molar-refractivity contribution < 1.29 is 4.79 Å². The Labute approximate surface area is 301 Å². The quantitative estimate of drug-likeness (QED) is 0.130. The molecule has 6 aromatic rings. The molecular formula is C43H38Br2N2O. The summed E-state index contributed by atoms with van der Waals surface area (Å²) in [7, 11) is 8.31. The maximum atomic E-state index is 14.3. The van der Waals surface area contributed by atoms with Crippen molar-refractivity contribution in [3.05, 3.63) is 165 Å². The van der Waals surface area contributed by atoms with Crippen molar-refractivity contribution in [1.82, 2.24) is 9.80 Å². The Morgan fingerprint density at radius 1 is 0.438 bits per heavy atom. The zero-order valence-corrected chi connectivity index (χ0v) is 30.8. The van der Waals surface area contributed by atoms with Gasteiger partial charge in [0.05, 0.1) is 0 Å². The van der Waals surface area contributed by atoms with Crippen LogP contribution >= 0.6 is 31.9 Å². The summed E-state index contributed by atoms with van der Waals surface area (Å²) in [5.74, 6) is -0.00696. The van der Waals surface area contributed by atoms with E-state index < -0.39 is 0 Å². The van der Waals surface area contributed by atoms with E-state index in [-0.39, 0.29) is 5.78 Å². The predicted octanol–water partition coefficient (Wildman–Crippen LogP) is 11.2. The summed E-state index contributed by atoms with van der Waals surface area (Å²) in [5.41, 5.74) is 12.4. The molecule has 0 aromatic heterocycles. The van der Waals surface area contributed by atoms with E-state index in [1.54, 1.807) is 0 Å². The van der Waals surface area contributed by atoms with Crippen LogP contribution in [0.3, 0.4) is 0 Å². The van der Waals surface area contributed by atoms with E-state index in [1.807, 2.05) is 48.5 Å². The molecule has 0 aliphatic carbocycles. The van der Waals surface area contributed by atoms with Crippen molar-refractivity contribution in [2.45, 2.75) is 13.1 Å². The molecule has 0 aliphatic rings. The first kappa shape index (κ1) is 33.8. The Bertz CT molecular complexity index is 1880. The Hall–Kier alpha value is -4.13. The number of benzene rings is 6. The van der Waals surface area contributed by atoms with Gasteiger partial charge in [0.2, 0.25) is 0 Å². The fraction of sp³-hybridized carbons (Fsp3) is 0.140. The molecule has 0 fully saturated rings. The van der Waals surface area contributed by atoms with E-state index >= 15 is 0 Å². The lowest BCUT2D eigenvalue weighted by Gasteiger charge is -2.16. The smallest absolute Gasteiger partial charge is 0.193 e. The average Bonchev–Trinajstić information content (AvgIpc) is 3.08. The minimum atomic E-state index is -0.00696. The maximum absolute atomic E-state index is 14.3. The van der Waals surface area contributed by atoms with Crippen molar-refractivity contribution >= 4 is 37.6 Å². The number of hydrogen-bond donors (Lipinski definition) is 0. The third kappa shape index (κ3) is 7.94. The van der Waals surface area contributed by atoms with E-state index in [0.717, 1.165) is 66.5 Å². The number of ketones is 1. The number of halogens is 2. The van der Waals surface area contributed by atoms with E-state index in [1.165, 1.54) is 11.1 Å². The van der Waals surface area contributed by atoms with Gasteiger partial charge in [-0.2, -0.15) is 0 Å². The third-order valence-electron chi connectivity index (χ3n) is 8.40. The van der Waals surface area contributed by atoms with Crippen LogP contribution < -0.4 is 0 Å². The first-order valence-electron chi connectivity index (χ1n) is 16.0. The number of carbonyl (C=O) groups is 1. The van der Waals surface area contributed by atoms with Crippen molar-refractivity contribution in [2.24, 2.45) is 0 Å². The van der Waals surface area contributed by atoms with Gasteiger partial charge in [0.15, 0.2) is 5.78 Å². The molecule has 6 aromatic carbocycles. The molecule has 0 heterocycles. The van der Waals surface area contributed by atoms with Crippen molar-refractivity contribution in [1.29, 1.82) is 0 Å². The van der Waals surface area contributed by atoms with Gasteiger partial charge in [0, 0.05) is 33.2 Å². The van der Waals surface area contributed by atoms with E-state index in [4.69, 9.17) is 0 Å². The molecule has 0 saturated carbocycles. The number of carbonyl (C=O) groups excluding carboxylic acids is 1. The maximum Gasteiger partial charge on any atom is 0.193 e. The molecule has 240 valence electrons. The van der Waals surface area contributed by atoms with Crippen molar-refractivity contribution in [2.75, 3.05) is 28.2 Å². The van der Waals surface area contributed by atoms with Gasteiger partial charge < -0.3 is 9.80 Å². The topological polar surface area (TPSA) is 23.6 Å². The zero-order chi connectivity index (χ0) is 33.8. The Balaban J connectivity index is 1.41. The van der Waals surface area contributed by atoms with E-state index in [9.17, 15) is 4.79 Å². The van der Waals surface area contributed by atoms with Crippen LogP contribution in [0, 0.1) is 0 Å². The highest BCUT2D eigenvalue weighted by Gasteiger charge is 2.18. The van der Waals surface area contributed by atoms with Gasteiger partial charge in [-0.3, -0.25) is 4.79 Å². The Kier molecular flexibility index (Phi) is 10.5. The van der Waals surface area contributed by atoms with Crippen molar-refractivity contribution in [3.8, 4) is 44.5 Å². The largest absolute Gasteiger partial charge is 0.305 e. The minimum absolute atomic E-state index is 0.00696. The summed E-state index contributed by atoms with van der Waals surface area (Å²) in [6.45, 7) is 1.77. The van der Waals surface area contributed by atoms with Gasteiger partial charge >= 0.3 is 0 Å². The highest BCUT2D eigenvalue weighted by molar-refractivity contribution is 9.10. The monoisotopic (exact) mass is 756 g/mol. The van der Waals surface area contributed by atoms with Gasteiger partial charge in [-0.25, -0.2) is 0 Å². The van der Waals surface area contributed by atoms with Crippen LogP contribution in [-0.2, 0) is 13.1 Å². The fourth-order valence-corrected chi connectivity index (χ4v) is 6.62. The van der Waals surface area contributed by atoms with Crippen LogP contribution in [0.25, 0.3) is 44.5 Å². The number of nitrogens with zero attached hydrogens (tertiary/aromatic N) is 2. The van der Waals surface area contributed by atoms with Crippen LogP contribution in [0.2, 0.25) is 0 Å². The Morgan fingerprint density at radius 2 is 0.750 bits per heavy atom. The first-order chi connectivity index (χ1) is 23.1. The summed E-state index contributed by atoms with van der Waals surface area (Å²) in [6.07, 6.45) is 0. The molecule has 0 unspecified atom stereocenters. The van der Waals surface area contributed by atoms with Gasteiger partial charge in [-0.05, 0) is 120 Å². The van der Waals surface area contributed by atoms with Crippen molar-refractivity contribution in [3.63, 3.8) is 0 Å². The number of rotatable bonds is 10. The van der Waals surface area contributed by atoms with Gasteiger partial charge in [-0.1, -0.05) is 129 Å². The molecule has 6 rings (SSSR count). The molecule has 0 radical (unpaired) electrons. The minimum Gasteiger partial charge on any atom is -0.305 e. The fourth-order valence-electron chi connectivity index (χ4n) is 6.09. The summed E-state index contributed by atoms with van der Waals surface area (Å²) in [5, 5.41) is 0. The first-order valence-corrected chi connectivity index (χ1v) is 17.6. The molecule has 3 nitrogen and oxygen atoms in total. The van der Waals surface area contributed by atoms with Gasteiger partial charge in [0.25, 0.3) is 0 Å². The summed E-state index contributed by atoms with van der Waals surface area (Å²) < 4.78 is 2.03. The molecule has 0 bridgehead atoms. The second kappa shape index (κ2) is 15.0. The lowest BCUT2D eigenvalue weighted by molar-refractivity contribution is 0.103. The zero-order valence-electron chi connectivity index (χ0n) is 27.7.